The van der Waals surface area contributed by atoms with Crippen molar-refractivity contribution in [3.63, 3.8) is 0 Å². The molecule has 1 aromatic heterocycles. The number of aromatic nitrogens is 2. The molecule has 5 heteroatoms. The van der Waals surface area contributed by atoms with Crippen molar-refractivity contribution in [1.82, 2.24) is 9.97 Å². The van der Waals surface area contributed by atoms with Crippen molar-refractivity contribution in [2.24, 2.45) is 0 Å². The number of benzene rings is 1. The first-order valence-corrected chi connectivity index (χ1v) is 7.12. The van der Waals surface area contributed by atoms with Crippen LogP contribution in [0, 0.1) is 0 Å². The molecule has 0 atom stereocenters. The van der Waals surface area contributed by atoms with E-state index in [2.05, 4.69) is 55.6 Å². The molecule has 1 aromatic carbocycles. The predicted molar refractivity (Wildman–Crippen MR) is 82.3 cm³/mol. The van der Waals surface area contributed by atoms with Crippen molar-refractivity contribution >= 4 is 27.7 Å². The molecular weight excluding hydrogens is 304 g/mol. The number of halogens is 1. The summed E-state index contributed by atoms with van der Waals surface area (Å²) < 4.78 is 1.09. The van der Waals surface area contributed by atoms with Crippen molar-refractivity contribution in [2.75, 3.05) is 17.2 Å². The minimum atomic E-state index is 0.669. The highest BCUT2D eigenvalue weighted by atomic mass is 79.9. The molecule has 0 amide bonds. The van der Waals surface area contributed by atoms with E-state index in [4.69, 9.17) is 0 Å². The summed E-state index contributed by atoms with van der Waals surface area (Å²) in [5.41, 5.74) is 1.21. The Balaban J connectivity index is 1.93. The fourth-order valence-electron chi connectivity index (χ4n) is 1.57. The van der Waals surface area contributed by atoms with Gasteiger partial charge in [0.25, 0.3) is 0 Å². The molecule has 0 spiro atoms. The first-order valence-electron chi connectivity index (χ1n) is 6.33. The largest absolute Gasteiger partial charge is 0.366 e. The molecule has 0 fully saturated rings. The standard InChI is InChI=1S/C14H17BrN4/c1-2-8-16-14-17-9-7-13(19-14)18-10-11-3-5-12(15)6-4-11/h3-7,9H,2,8,10H2,1H3,(H2,16,17,18,19). The molecule has 2 rings (SSSR count). The van der Waals surface area contributed by atoms with Gasteiger partial charge in [-0.1, -0.05) is 35.0 Å². The Kier molecular flexibility index (Phi) is 5.15. The Morgan fingerprint density at radius 3 is 2.63 bits per heavy atom. The molecule has 0 unspecified atom stereocenters. The number of hydrogen-bond acceptors (Lipinski definition) is 4. The second kappa shape index (κ2) is 7.09. The summed E-state index contributed by atoms with van der Waals surface area (Å²) in [4.78, 5) is 8.58. The van der Waals surface area contributed by atoms with Crippen LogP contribution in [0.25, 0.3) is 0 Å². The van der Waals surface area contributed by atoms with Crippen LogP contribution in [0.5, 0.6) is 0 Å². The Hall–Kier alpha value is -1.62. The second-order valence-electron chi connectivity index (χ2n) is 4.17. The van der Waals surface area contributed by atoms with Gasteiger partial charge in [0.15, 0.2) is 0 Å². The van der Waals surface area contributed by atoms with Crippen LogP contribution in [-0.2, 0) is 6.54 Å². The SMILES string of the molecule is CCCNc1nccc(NCc2ccc(Br)cc2)n1. The number of nitrogens with one attached hydrogen (secondary N) is 2. The van der Waals surface area contributed by atoms with Crippen molar-refractivity contribution < 1.29 is 0 Å². The van der Waals surface area contributed by atoms with Crippen molar-refractivity contribution in [3.8, 4) is 0 Å². The zero-order valence-corrected chi connectivity index (χ0v) is 12.4. The third-order valence-electron chi connectivity index (χ3n) is 2.58. The fourth-order valence-corrected chi connectivity index (χ4v) is 1.84. The average Bonchev–Trinajstić information content (AvgIpc) is 2.45. The van der Waals surface area contributed by atoms with Gasteiger partial charge in [-0.3, -0.25) is 0 Å². The van der Waals surface area contributed by atoms with Crippen molar-refractivity contribution in [1.29, 1.82) is 0 Å². The van der Waals surface area contributed by atoms with Gasteiger partial charge in [-0.05, 0) is 30.2 Å². The highest BCUT2D eigenvalue weighted by Crippen LogP contribution is 2.12. The van der Waals surface area contributed by atoms with E-state index in [9.17, 15) is 0 Å². The van der Waals surface area contributed by atoms with E-state index >= 15 is 0 Å². The monoisotopic (exact) mass is 320 g/mol. The van der Waals surface area contributed by atoms with Gasteiger partial charge in [-0.15, -0.1) is 0 Å². The molecule has 1 heterocycles. The maximum atomic E-state index is 4.40. The van der Waals surface area contributed by atoms with Crippen LogP contribution in [0.2, 0.25) is 0 Å². The van der Waals surface area contributed by atoms with Gasteiger partial charge in [0.2, 0.25) is 5.95 Å². The molecule has 0 aliphatic rings. The van der Waals surface area contributed by atoms with Crippen LogP contribution in [0.3, 0.4) is 0 Å². The van der Waals surface area contributed by atoms with Crippen LogP contribution in [0.4, 0.5) is 11.8 Å². The molecule has 0 saturated carbocycles. The topological polar surface area (TPSA) is 49.8 Å². The number of nitrogens with zero attached hydrogens (tertiary/aromatic N) is 2. The lowest BCUT2D eigenvalue weighted by Gasteiger charge is -2.08. The lowest BCUT2D eigenvalue weighted by molar-refractivity contribution is 0.950. The summed E-state index contributed by atoms with van der Waals surface area (Å²) in [5, 5.41) is 6.46. The van der Waals surface area contributed by atoms with Crippen molar-refractivity contribution in [2.45, 2.75) is 19.9 Å². The van der Waals surface area contributed by atoms with Crippen LogP contribution in [0.1, 0.15) is 18.9 Å². The molecule has 0 aliphatic carbocycles. The summed E-state index contributed by atoms with van der Waals surface area (Å²) in [6.45, 7) is 3.75. The highest BCUT2D eigenvalue weighted by Gasteiger charge is 1.98. The summed E-state index contributed by atoms with van der Waals surface area (Å²) in [6.07, 6.45) is 2.81. The number of rotatable bonds is 6. The normalized spacial score (nSPS) is 10.2. The van der Waals surface area contributed by atoms with Crippen LogP contribution < -0.4 is 10.6 Å². The van der Waals surface area contributed by atoms with E-state index in [1.165, 1.54) is 5.56 Å². The minimum absolute atomic E-state index is 0.669. The number of hydrogen-bond donors (Lipinski definition) is 2. The lowest BCUT2D eigenvalue weighted by Crippen LogP contribution is -2.07. The van der Waals surface area contributed by atoms with Gasteiger partial charge in [0.05, 0.1) is 0 Å². The summed E-state index contributed by atoms with van der Waals surface area (Å²) in [5.74, 6) is 1.50. The number of anilines is 2. The van der Waals surface area contributed by atoms with E-state index in [-0.39, 0.29) is 0 Å². The van der Waals surface area contributed by atoms with E-state index in [1.807, 2.05) is 18.2 Å². The quantitative estimate of drug-likeness (QED) is 0.852. The van der Waals surface area contributed by atoms with E-state index in [1.54, 1.807) is 6.20 Å². The Morgan fingerprint density at radius 2 is 1.89 bits per heavy atom. The van der Waals surface area contributed by atoms with E-state index in [0.717, 1.165) is 29.8 Å². The lowest BCUT2D eigenvalue weighted by atomic mass is 10.2. The molecule has 2 N–H and O–H groups in total. The van der Waals surface area contributed by atoms with E-state index in [0.29, 0.717) is 5.95 Å². The Labute approximate surface area is 121 Å². The molecule has 100 valence electrons. The first kappa shape index (κ1) is 13.8. The van der Waals surface area contributed by atoms with Crippen molar-refractivity contribution in [3.05, 3.63) is 46.6 Å². The molecule has 0 bridgehead atoms. The van der Waals surface area contributed by atoms with Crippen LogP contribution in [-0.4, -0.2) is 16.5 Å². The third kappa shape index (κ3) is 4.52. The molecule has 4 nitrogen and oxygen atoms in total. The van der Waals surface area contributed by atoms with Crippen LogP contribution >= 0.6 is 15.9 Å². The summed E-state index contributed by atoms with van der Waals surface area (Å²) >= 11 is 3.43. The molecule has 2 aromatic rings. The zero-order valence-electron chi connectivity index (χ0n) is 10.9. The molecule has 19 heavy (non-hydrogen) atoms. The third-order valence-corrected chi connectivity index (χ3v) is 3.10. The summed E-state index contributed by atoms with van der Waals surface area (Å²) in [6, 6.07) is 10.1. The van der Waals surface area contributed by atoms with Gasteiger partial charge in [0, 0.05) is 23.8 Å². The maximum Gasteiger partial charge on any atom is 0.224 e. The predicted octanol–water partition coefficient (Wildman–Crippen LogP) is 3.67. The smallest absolute Gasteiger partial charge is 0.224 e. The Bertz CT molecular complexity index is 513. The minimum Gasteiger partial charge on any atom is -0.366 e. The van der Waals surface area contributed by atoms with Gasteiger partial charge in [0.1, 0.15) is 5.82 Å². The molecule has 0 radical (unpaired) electrons. The van der Waals surface area contributed by atoms with Gasteiger partial charge in [-0.25, -0.2) is 4.98 Å². The average molecular weight is 321 g/mol. The van der Waals surface area contributed by atoms with Gasteiger partial charge >= 0.3 is 0 Å². The first-order chi connectivity index (χ1) is 9.28. The molecular formula is C14H17BrN4. The zero-order chi connectivity index (χ0) is 13.5. The molecule has 0 saturated heterocycles. The summed E-state index contributed by atoms with van der Waals surface area (Å²) in [7, 11) is 0. The van der Waals surface area contributed by atoms with Crippen LogP contribution in [0.15, 0.2) is 41.0 Å². The second-order valence-corrected chi connectivity index (χ2v) is 5.09. The highest BCUT2D eigenvalue weighted by molar-refractivity contribution is 9.10. The fraction of sp³-hybridized carbons (Fsp3) is 0.286. The van der Waals surface area contributed by atoms with E-state index < -0.39 is 0 Å². The van der Waals surface area contributed by atoms with Gasteiger partial charge < -0.3 is 10.6 Å². The van der Waals surface area contributed by atoms with Gasteiger partial charge in [-0.2, -0.15) is 4.98 Å². The maximum absolute atomic E-state index is 4.40. The molecule has 0 aliphatic heterocycles. The Morgan fingerprint density at radius 1 is 1.11 bits per heavy atom.